The van der Waals surface area contributed by atoms with Gasteiger partial charge in [-0.2, -0.15) is 11.8 Å². The van der Waals surface area contributed by atoms with Gasteiger partial charge in [-0.05, 0) is 6.26 Å². The van der Waals surface area contributed by atoms with Gasteiger partial charge in [0, 0.05) is 11.8 Å². The van der Waals surface area contributed by atoms with Crippen LogP contribution in [0.2, 0.25) is 0 Å². The minimum atomic E-state index is -0.816. The summed E-state index contributed by atoms with van der Waals surface area (Å²) in [5.74, 6) is 3.23. The zero-order valence-corrected chi connectivity index (χ0v) is 7.90. The average Bonchev–Trinajstić information content (AvgIpc) is 2.11. The van der Waals surface area contributed by atoms with E-state index in [1.54, 1.807) is 17.2 Å². The molecule has 0 rings (SSSR count). The summed E-state index contributed by atoms with van der Waals surface area (Å²) >= 11 is 1.61. The van der Waals surface area contributed by atoms with Gasteiger partial charge in [-0.25, -0.2) is 5.84 Å². The molecule has 0 saturated carbocycles. The van der Waals surface area contributed by atoms with Crippen LogP contribution < -0.4 is 16.6 Å². The van der Waals surface area contributed by atoms with E-state index in [1.807, 2.05) is 13.2 Å². The molecular weight excluding hydrogens is 178 g/mol. The smallest absolute Gasteiger partial charge is 0.323 e. The second-order valence-corrected chi connectivity index (χ2v) is 3.51. The van der Waals surface area contributed by atoms with Crippen LogP contribution in [-0.2, 0) is 9.59 Å². The Morgan fingerprint density at radius 3 is 2.50 bits per heavy atom. The number of carbonyl (C=O) groups is 2. The van der Waals surface area contributed by atoms with Crippen molar-refractivity contribution in [2.24, 2.45) is 5.84 Å². The van der Waals surface area contributed by atoms with Crippen molar-refractivity contribution in [3.05, 3.63) is 0 Å². The van der Waals surface area contributed by atoms with Crippen LogP contribution in [-0.4, -0.2) is 29.9 Å². The first-order chi connectivity index (χ1) is 5.61. The Kier molecular flexibility index (Phi) is 5.48. The molecule has 0 spiro atoms. The standard InChI is InChI=1S/C6H13N3O2S/c1-4(12-2)3-8-5(10)6(11)9-7/h4H,3,7H2,1-2H3,(H,8,10)(H,9,11). The number of hydrogen-bond donors (Lipinski definition) is 3. The van der Waals surface area contributed by atoms with E-state index in [9.17, 15) is 9.59 Å². The summed E-state index contributed by atoms with van der Waals surface area (Å²) in [6.07, 6.45) is 1.93. The summed E-state index contributed by atoms with van der Waals surface area (Å²) in [7, 11) is 0. The highest BCUT2D eigenvalue weighted by molar-refractivity contribution is 7.99. The quantitative estimate of drug-likeness (QED) is 0.227. The molecule has 0 aromatic heterocycles. The van der Waals surface area contributed by atoms with Crippen LogP contribution in [0.5, 0.6) is 0 Å². The van der Waals surface area contributed by atoms with E-state index in [2.05, 4.69) is 5.32 Å². The van der Waals surface area contributed by atoms with Crippen LogP contribution >= 0.6 is 11.8 Å². The third kappa shape index (κ3) is 4.20. The molecule has 0 bridgehead atoms. The number of nitrogens with one attached hydrogen (secondary N) is 2. The highest BCUT2D eigenvalue weighted by Gasteiger charge is 2.11. The van der Waals surface area contributed by atoms with E-state index in [0.29, 0.717) is 11.8 Å². The van der Waals surface area contributed by atoms with Crippen LogP contribution in [0.25, 0.3) is 0 Å². The fourth-order valence-corrected chi connectivity index (χ4v) is 0.716. The van der Waals surface area contributed by atoms with Crippen molar-refractivity contribution in [1.82, 2.24) is 10.7 Å². The Bertz CT molecular complexity index is 174. The fourth-order valence-electron chi connectivity index (χ4n) is 0.466. The van der Waals surface area contributed by atoms with E-state index in [1.165, 1.54) is 0 Å². The van der Waals surface area contributed by atoms with Crippen molar-refractivity contribution in [3.63, 3.8) is 0 Å². The molecule has 0 radical (unpaired) electrons. The molecule has 12 heavy (non-hydrogen) atoms. The first-order valence-electron chi connectivity index (χ1n) is 3.43. The Labute approximate surface area is 75.4 Å². The lowest BCUT2D eigenvalue weighted by atomic mass is 10.4. The van der Waals surface area contributed by atoms with Crippen molar-refractivity contribution in [2.75, 3.05) is 12.8 Å². The first kappa shape index (κ1) is 11.2. The SMILES string of the molecule is CSC(C)CNC(=O)C(=O)NN. The van der Waals surface area contributed by atoms with Gasteiger partial charge in [-0.3, -0.25) is 15.0 Å². The summed E-state index contributed by atoms with van der Waals surface area (Å²) in [6, 6.07) is 0. The lowest BCUT2D eigenvalue weighted by Gasteiger charge is -2.08. The minimum absolute atomic E-state index is 0.291. The number of rotatable bonds is 3. The van der Waals surface area contributed by atoms with Gasteiger partial charge in [0.15, 0.2) is 0 Å². The van der Waals surface area contributed by atoms with Gasteiger partial charge < -0.3 is 5.32 Å². The molecular formula is C6H13N3O2S. The van der Waals surface area contributed by atoms with E-state index in [0.717, 1.165) is 0 Å². The van der Waals surface area contributed by atoms with Crippen molar-refractivity contribution >= 4 is 23.6 Å². The van der Waals surface area contributed by atoms with Gasteiger partial charge in [-0.15, -0.1) is 0 Å². The van der Waals surface area contributed by atoms with Crippen LogP contribution in [0, 0.1) is 0 Å². The minimum Gasteiger partial charge on any atom is -0.347 e. The van der Waals surface area contributed by atoms with Crippen LogP contribution in [0.15, 0.2) is 0 Å². The van der Waals surface area contributed by atoms with Gasteiger partial charge >= 0.3 is 11.8 Å². The summed E-state index contributed by atoms with van der Waals surface area (Å²) in [6.45, 7) is 2.42. The number of amides is 2. The van der Waals surface area contributed by atoms with E-state index in [4.69, 9.17) is 5.84 Å². The second-order valence-electron chi connectivity index (χ2n) is 2.23. The van der Waals surface area contributed by atoms with Crippen LogP contribution in [0.1, 0.15) is 6.92 Å². The monoisotopic (exact) mass is 191 g/mol. The number of hydrazine groups is 1. The first-order valence-corrected chi connectivity index (χ1v) is 4.72. The molecule has 0 aliphatic rings. The molecule has 0 heterocycles. The molecule has 2 amide bonds. The van der Waals surface area contributed by atoms with Crippen molar-refractivity contribution in [1.29, 1.82) is 0 Å². The second kappa shape index (κ2) is 5.84. The fraction of sp³-hybridized carbons (Fsp3) is 0.667. The average molecular weight is 191 g/mol. The third-order valence-electron chi connectivity index (χ3n) is 1.29. The Morgan fingerprint density at radius 2 is 2.08 bits per heavy atom. The molecule has 0 aromatic rings. The van der Waals surface area contributed by atoms with Gasteiger partial charge in [0.2, 0.25) is 0 Å². The number of thioether (sulfide) groups is 1. The van der Waals surface area contributed by atoms with Gasteiger partial charge in [-0.1, -0.05) is 6.92 Å². The van der Waals surface area contributed by atoms with Gasteiger partial charge in [0.05, 0.1) is 0 Å². The van der Waals surface area contributed by atoms with Gasteiger partial charge in [0.25, 0.3) is 0 Å². The van der Waals surface area contributed by atoms with Crippen molar-refractivity contribution < 1.29 is 9.59 Å². The van der Waals surface area contributed by atoms with E-state index in [-0.39, 0.29) is 0 Å². The lowest BCUT2D eigenvalue weighted by molar-refractivity contribution is -0.139. The zero-order chi connectivity index (χ0) is 9.56. The Hall–Kier alpha value is -0.750. The number of carbonyl (C=O) groups excluding carboxylic acids is 2. The molecule has 1 atom stereocenters. The van der Waals surface area contributed by atoms with Crippen LogP contribution in [0.3, 0.4) is 0 Å². The molecule has 1 unspecified atom stereocenters. The number of hydrogen-bond acceptors (Lipinski definition) is 4. The molecule has 0 saturated heterocycles. The highest BCUT2D eigenvalue weighted by atomic mass is 32.2. The van der Waals surface area contributed by atoms with E-state index < -0.39 is 11.8 Å². The van der Waals surface area contributed by atoms with Crippen molar-refractivity contribution in [2.45, 2.75) is 12.2 Å². The largest absolute Gasteiger partial charge is 0.347 e. The summed E-state index contributed by atoms with van der Waals surface area (Å²) in [5, 5.41) is 2.72. The molecule has 70 valence electrons. The maximum absolute atomic E-state index is 10.8. The predicted molar refractivity (Wildman–Crippen MR) is 48.3 cm³/mol. The Morgan fingerprint density at radius 1 is 1.50 bits per heavy atom. The lowest BCUT2D eigenvalue weighted by Crippen LogP contribution is -2.44. The molecule has 5 nitrogen and oxygen atoms in total. The normalized spacial score (nSPS) is 11.9. The van der Waals surface area contributed by atoms with Crippen molar-refractivity contribution in [3.8, 4) is 0 Å². The highest BCUT2D eigenvalue weighted by Crippen LogP contribution is 2.01. The van der Waals surface area contributed by atoms with Crippen LogP contribution in [0.4, 0.5) is 0 Å². The van der Waals surface area contributed by atoms with Gasteiger partial charge in [0.1, 0.15) is 0 Å². The molecule has 0 aliphatic carbocycles. The molecule has 0 fully saturated rings. The summed E-state index contributed by atoms with van der Waals surface area (Å²) in [5.41, 5.74) is 1.75. The zero-order valence-electron chi connectivity index (χ0n) is 7.09. The summed E-state index contributed by atoms with van der Waals surface area (Å²) in [4.78, 5) is 21.3. The molecule has 6 heteroatoms. The maximum atomic E-state index is 10.8. The molecule has 0 aliphatic heterocycles. The predicted octanol–water partition coefficient (Wildman–Crippen LogP) is -1.16. The summed E-state index contributed by atoms with van der Waals surface area (Å²) < 4.78 is 0. The molecule has 4 N–H and O–H groups in total. The van der Waals surface area contributed by atoms with E-state index >= 15 is 0 Å². The topological polar surface area (TPSA) is 84.2 Å². The Balaban J connectivity index is 3.64. The molecule has 0 aromatic carbocycles. The maximum Gasteiger partial charge on any atom is 0.323 e. The third-order valence-corrected chi connectivity index (χ3v) is 2.26. The number of nitrogens with two attached hydrogens (primary N) is 1.